The molecule has 2 bridgehead atoms. The van der Waals surface area contributed by atoms with Gasteiger partial charge in [-0.25, -0.2) is 0 Å². The van der Waals surface area contributed by atoms with Crippen LogP contribution in [0.3, 0.4) is 0 Å². The van der Waals surface area contributed by atoms with Gasteiger partial charge >= 0.3 is 0 Å². The number of hydrogen-bond acceptors (Lipinski definition) is 4. The number of rotatable bonds is 2. The molecule has 18 heavy (non-hydrogen) atoms. The molecule has 1 aromatic carbocycles. The van der Waals surface area contributed by atoms with E-state index in [1.807, 2.05) is 42.4 Å². The van der Waals surface area contributed by atoms with Crippen molar-refractivity contribution in [2.45, 2.75) is 30.7 Å². The monoisotopic (exact) mass is 246 g/mol. The predicted octanol–water partition coefficient (Wildman–Crippen LogP) is 1.14. The summed E-state index contributed by atoms with van der Waals surface area (Å²) >= 11 is 0. The lowest BCUT2D eigenvalue weighted by atomic mass is 9.84. The molecule has 0 aliphatic carbocycles. The fourth-order valence-corrected chi connectivity index (χ4v) is 3.52. The maximum Gasteiger partial charge on any atom is 0.128 e. The second kappa shape index (κ2) is 3.95. The van der Waals surface area contributed by atoms with Crippen LogP contribution in [0.4, 0.5) is 0 Å². The molecule has 3 heterocycles. The van der Waals surface area contributed by atoms with Crippen molar-refractivity contribution in [2.24, 2.45) is 0 Å². The van der Waals surface area contributed by atoms with E-state index in [0.717, 1.165) is 25.3 Å². The van der Waals surface area contributed by atoms with Crippen LogP contribution in [-0.4, -0.2) is 54.4 Å². The van der Waals surface area contributed by atoms with Crippen molar-refractivity contribution >= 4 is 0 Å². The van der Waals surface area contributed by atoms with E-state index in [1.165, 1.54) is 0 Å². The number of para-hydroxylation sites is 1. The van der Waals surface area contributed by atoms with Gasteiger partial charge in [0.25, 0.3) is 0 Å². The van der Waals surface area contributed by atoms with Gasteiger partial charge in [0.2, 0.25) is 0 Å². The van der Waals surface area contributed by atoms with Crippen LogP contribution in [0.1, 0.15) is 6.42 Å². The van der Waals surface area contributed by atoms with Gasteiger partial charge in [0.15, 0.2) is 0 Å². The van der Waals surface area contributed by atoms with Crippen molar-refractivity contribution in [3.8, 4) is 5.75 Å². The summed E-state index contributed by atoms with van der Waals surface area (Å²) in [7, 11) is 2.05. The first-order chi connectivity index (χ1) is 8.81. The molecule has 0 saturated carbocycles. The topological polar surface area (TPSA) is 24.9 Å². The number of benzene rings is 1. The molecule has 1 aromatic rings. The molecular weight excluding hydrogens is 228 g/mol. The lowest BCUT2D eigenvalue weighted by Gasteiger charge is -2.52. The molecular formula is C14H18N2O2. The summed E-state index contributed by atoms with van der Waals surface area (Å²) in [6.45, 7) is 2.09. The standard InChI is InChI=1S/C14H18N2O2/c1-15-12-7-11(18-15)8-16-9-13(14(12)16)17-10-5-3-2-4-6-10/h2-6,11-14H,7-9H2,1H3/t11-,12+,13+,14+/m1/s1. The van der Waals surface area contributed by atoms with E-state index < -0.39 is 0 Å². The lowest BCUT2D eigenvalue weighted by Crippen LogP contribution is -2.70. The zero-order valence-corrected chi connectivity index (χ0v) is 10.5. The molecule has 3 saturated heterocycles. The molecule has 4 nitrogen and oxygen atoms in total. The quantitative estimate of drug-likeness (QED) is 0.781. The number of ether oxygens (including phenoxy) is 1. The molecule has 3 aliphatic heterocycles. The van der Waals surface area contributed by atoms with Gasteiger partial charge in [-0.3, -0.25) is 9.74 Å². The zero-order chi connectivity index (χ0) is 12.1. The normalized spacial score (nSPS) is 39.2. The fraction of sp³-hybridized carbons (Fsp3) is 0.571. The maximum absolute atomic E-state index is 6.09. The van der Waals surface area contributed by atoms with E-state index in [0.29, 0.717) is 24.3 Å². The highest BCUT2D eigenvalue weighted by atomic mass is 16.7. The Balaban J connectivity index is 1.49. The summed E-state index contributed by atoms with van der Waals surface area (Å²) in [5.41, 5.74) is 0. The Labute approximate surface area is 107 Å². The third kappa shape index (κ3) is 1.56. The Morgan fingerprint density at radius 2 is 2.06 bits per heavy atom. The Kier molecular flexibility index (Phi) is 2.37. The van der Waals surface area contributed by atoms with Crippen LogP contribution in [0.2, 0.25) is 0 Å². The van der Waals surface area contributed by atoms with Crippen LogP contribution < -0.4 is 4.74 Å². The lowest BCUT2D eigenvalue weighted by molar-refractivity contribution is -0.138. The highest BCUT2D eigenvalue weighted by Gasteiger charge is 2.55. The Morgan fingerprint density at radius 1 is 1.22 bits per heavy atom. The van der Waals surface area contributed by atoms with Gasteiger partial charge in [-0.05, 0) is 18.6 Å². The second-order valence-corrected chi connectivity index (χ2v) is 5.49. The fourth-order valence-electron chi connectivity index (χ4n) is 3.52. The van der Waals surface area contributed by atoms with Gasteiger partial charge in [0, 0.05) is 20.1 Å². The molecule has 0 spiro atoms. The molecule has 0 radical (unpaired) electrons. The second-order valence-electron chi connectivity index (χ2n) is 5.49. The molecule has 0 amide bonds. The van der Waals surface area contributed by atoms with Gasteiger partial charge in [-0.1, -0.05) is 18.2 Å². The largest absolute Gasteiger partial charge is 0.487 e. The van der Waals surface area contributed by atoms with Crippen molar-refractivity contribution in [1.82, 2.24) is 9.96 Å². The first kappa shape index (κ1) is 10.8. The highest BCUT2D eigenvalue weighted by Crippen LogP contribution is 2.38. The van der Waals surface area contributed by atoms with Crippen molar-refractivity contribution in [2.75, 3.05) is 20.1 Å². The van der Waals surface area contributed by atoms with Gasteiger partial charge in [0.1, 0.15) is 11.9 Å². The van der Waals surface area contributed by atoms with Crippen molar-refractivity contribution < 1.29 is 9.57 Å². The molecule has 3 aliphatic rings. The number of fused-ring (bicyclic) bond motifs is 4. The Bertz CT molecular complexity index is 437. The molecule has 96 valence electrons. The van der Waals surface area contributed by atoms with Gasteiger partial charge in [-0.2, -0.15) is 5.06 Å². The summed E-state index contributed by atoms with van der Waals surface area (Å²) in [6, 6.07) is 11.1. The Morgan fingerprint density at radius 3 is 2.89 bits per heavy atom. The van der Waals surface area contributed by atoms with E-state index in [2.05, 4.69) is 4.90 Å². The average Bonchev–Trinajstić information content (AvgIpc) is 2.65. The van der Waals surface area contributed by atoms with Crippen molar-refractivity contribution in [3.05, 3.63) is 30.3 Å². The number of hydroxylamine groups is 2. The van der Waals surface area contributed by atoms with Gasteiger partial charge in [0.05, 0.1) is 18.2 Å². The SMILES string of the molecule is CN1O[C@@H]2C[C@H]1[C@H]1[C@@H](Oc3ccccc3)CN1C2. The van der Waals surface area contributed by atoms with E-state index in [-0.39, 0.29) is 0 Å². The minimum absolute atomic E-state index is 0.308. The first-order valence-corrected chi connectivity index (χ1v) is 6.66. The first-order valence-electron chi connectivity index (χ1n) is 6.66. The van der Waals surface area contributed by atoms with Crippen LogP contribution in [-0.2, 0) is 4.84 Å². The van der Waals surface area contributed by atoms with Crippen LogP contribution >= 0.6 is 0 Å². The number of nitrogens with zero attached hydrogens (tertiary/aromatic N) is 2. The van der Waals surface area contributed by atoms with E-state index in [9.17, 15) is 0 Å². The third-order valence-corrected chi connectivity index (χ3v) is 4.37. The molecule has 4 heteroatoms. The van der Waals surface area contributed by atoms with Gasteiger partial charge < -0.3 is 4.74 Å². The highest BCUT2D eigenvalue weighted by molar-refractivity contribution is 5.22. The van der Waals surface area contributed by atoms with Crippen LogP contribution in [0, 0.1) is 0 Å². The summed E-state index contributed by atoms with van der Waals surface area (Å²) in [5.74, 6) is 0.978. The summed E-state index contributed by atoms with van der Waals surface area (Å²) in [5, 5.41) is 2.04. The number of piperidine rings is 1. The van der Waals surface area contributed by atoms with E-state index in [1.54, 1.807) is 0 Å². The smallest absolute Gasteiger partial charge is 0.128 e. The summed E-state index contributed by atoms with van der Waals surface area (Å²) < 4.78 is 6.09. The minimum atomic E-state index is 0.308. The third-order valence-electron chi connectivity index (χ3n) is 4.37. The summed E-state index contributed by atoms with van der Waals surface area (Å²) in [6.07, 6.45) is 1.85. The average molecular weight is 246 g/mol. The van der Waals surface area contributed by atoms with Crippen LogP contribution in [0.15, 0.2) is 30.3 Å². The van der Waals surface area contributed by atoms with Crippen molar-refractivity contribution in [1.29, 1.82) is 0 Å². The maximum atomic E-state index is 6.09. The van der Waals surface area contributed by atoms with Crippen LogP contribution in [0.25, 0.3) is 0 Å². The molecule has 4 atom stereocenters. The van der Waals surface area contributed by atoms with E-state index >= 15 is 0 Å². The van der Waals surface area contributed by atoms with E-state index in [4.69, 9.17) is 9.57 Å². The molecule has 0 unspecified atom stereocenters. The minimum Gasteiger partial charge on any atom is -0.487 e. The molecule has 4 rings (SSSR count). The number of hydrogen-bond donors (Lipinski definition) is 0. The van der Waals surface area contributed by atoms with Crippen molar-refractivity contribution in [3.63, 3.8) is 0 Å². The Hall–Kier alpha value is -1.10. The summed E-state index contributed by atoms with van der Waals surface area (Å²) in [4.78, 5) is 8.30. The van der Waals surface area contributed by atoms with Crippen LogP contribution in [0.5, 0.6) is 5.75 Å². The molecule has 0 N–H and O–H groups in total. The number of likely N-dealkylation sites (N-methyl/N-ethyl adjacent to an activating group) is 1. The predicted molar refractivity (Wildman–Crippen MR) is 67.3 cm³/mol. The zero-order valence-electron chi connectivity index (χ0n) is 10.5. The van der Waals surface area contributed by atoms with Gasteiger partial charge in [-0.15, -0.1) is 0 Å². The molecule has 0 aromatic heterocycles. The molecule has 3 fully saturated rings.